The number of amides is 1. The molecule has 1 aromatic carbocycles. The van der Waals surface area contributed by atoms with E-state index in [1.165, 1.54) is 6.07 Å². The maximum Gasteiger partial charge on any atom is 0.269 e. The number of aromatic hydroxyl groups is 1. The molecule has 0 aliphatic rings. The van der Waals surface area contributed by atoms with E-state index >= 15 is 0 Å². The van der Waals surface area contributed by atoms with Crippen LogP contribution in [0.25, 0.3) is 0 Å². The lowest BCUT2D eigenvalue weighted by Crippen LogP contribution is -2.33. The number of hydrogen-bond donors (Lipinski definition) is 3. The Morgan fingerprint density at radius 3 is 2.90 bits per heavy atom. The van der Waals surface area contributed by atoms with Crippen LogP contribution in [0.4, 0.5) is 0 Å². The predicted octanol–water partition coefficient (Wildman–Crippen LogP) is 1.86. The summed E-state index contributed by atoms with van der Waals surface area (Å²) in [6.07, 6.45) is 0.132. The highest BCUT2D eigenvalue weighted by Crippen LogP contribution is 2.24. The lowest BCUT2D eigenvalue weighted by molar-refractivity contribution is -0.114. The van der Waals surface area contributed by atoms with Crippen LogP contribution in [0.5, 0.6) is 5.75 Å². The molecule has 6 nitrogen and oxygen atoms in total. The molecule has 8 heteroatoms. The smallest absolute Gasteiger partial charge is 0.269 e. The van der Waals surface area contributed by atoms with E-state index in [9.17, 15) is 9.90 Å². The molecule has 0 radical (unpaired) electrons. The van der Waals surface area contributed by atoms with Crippen molar-refractivity contribution in [2.45, 2.75) is 6.42 Å². The first-order chi connectivity index (χ1) is 9.58. The predicted molar refractivity (Wildman–Crippen MR) is 79.8 cm³/mol. The van der Waals surface area contributed by atoms with Gasteiger partial charge in [-0.05, 0) is 45.4 Å². The Morgan fingerprint density at radius 2 is 2.30 bits per heavy atom. The second-order valence-corrected chi connectivity index (χ2v) is 5.44. The van der Waals surface area contributed by atoms with Gasteiger partial charge in [0, 0.05) is 18.7 Å². The minimum absolute atomic E-state index is 0.0375. The molecule has 0 fully saturated rings. The van der Waals surface area contributed by atoms with Gasteiger partial charge in [0.2, 0.25) is 0 Å². The molecule has 0 saturated carbocycles. The average molecular weight is 358 g/mol. The summed E-state index contributed by atoms with van der Waals surface area (Å²) in [5, 5.41) is 34.0. The van der Waals surface area contributed by atoms with Crippen molar-refractivity contribution in [3.8, 4) is 11.2 Å². The third-order valence-electron chi connectivity index (χ3n) is 2.32. The van der Waals surface area contributed by atoms with E-state index < -0.39 is 5.91 Å². The third kappa shape index (κ3) is 5.11. The van der Waals surface area contributed by atoms with Gasteiger partial charge in [0.1, 0.15) is 16.9 Å². The van der Waals surface area contributed by atoms with Crippen molar-refractivity contribution in [2.75, 3.05) is 12.3 Å². The quantitative estimate of drug-likeness (QED) is 0.237. The zero-order chi connectivity index (χ0) is 15.0. The molecular weight excluding hydrogens is 346 g/mol. The third-order valence-corrected chi connectivity index (χ3v) is 3.49. The number of nitriles is 1. The average Bonchev–Trinajstić information content (AvgIpc) is 2.44. The van der Waals surface area contributed by atoms with Gasteiger partial charge in [-0.25, -0.2) is 0 Å². The van der Waals surface area contributed by atoms with Crippen LogP contribution in [0.3, 0.4) is 0 Å². The van der Waals surface area contributed by atoms with Crippen LogP contribution < -0.4 is 5.32 Å². The van der Waals surface area contributed by atoms with Gasteiger partial charge in [0.05, 0.1) is 4.47 Å². The summed E-state index contributed by atoms with van der Waals surface area (Å²) in [5.74, 6) is 0.0653. The number of phenols is 1. The SMILES string of the molecule is N#CSCCNC(=O)/C(Cc1ccc(O)c(Br)c1)=N/O. The summed E-state index contributed by atoms with van der Waals surface area (Å²) in [4.78, 5) is 11.7. The number of carbonyl (C=O) groups is 1. The summed E-state index contributed by atoms with van der Waals surface area (Å²) >= 11 is 4.20. The van der Waals surface area contributed by atoms with Gasteiger partial charge < -0.3 is 15.6 Å². The number of thioether (sulfide) groups is 1. The standard InChI is InChI=1S/C12H12BrN3O3S/c13-9-5-8(1-2-11(9)17)6-10(16-19)12(18)15-3-4-20-7-14/h1-2,5,17,19H,3-4,6H2,(H,15,18)/b16-10+. The lowest BCUT2D eigenvalue weighted by atomic mass is 10.1. The number of benzene rings is 1. The molecule has 0 unspecified atom stereocenters. The van der Waals surface area contributed by atoms with Crippen molar-refractivity contribution in [1.29, 1.82) is 5.26 Å². The van der Waals surface area contributed by atoms with E-state index in [1.54, 1.807) is 12.1 Å². The molecule has 0 aliphatic carbocycles. The molecule has 0 aliphatic heterocycles. The van der Waals surface area contributed by atoms with E-state index in [-0.39, 0.29) is 17.9 Å². The zero-order valence-electron chi connectivity index (χ0n) is 10.3. The number of halogens is 1. The Morgan fingerprint density at radius 1 is 1.55 bits per heavy atom. The highest BCUT2D eigenvalue weighted by atomic mass is 79.9. The summed E-state index contributed by atoms with van der Waals surface area (Å²) in [6, 6.07) is 4.75. The molecule has 1 rings (SSSR count). The molecule has 0 heterocycles. The maximum atomic E-state index is 11.7. The van der Waals surface area contributed by atoms with Crippen LogP contribution in [0.2, 0.25) is 0 Å². The van der Waals surface area contributed by atoms with Crippen LogP contribution in [0, 0.1) is 10.7 Å². The molecule has 106 valence electrons. The molecule has 20 heavy (non-hydrogen) atoms. The first-order valence-electron chi connectivity index (χ1n) is 5.56. The number of rotatable bonds is 6. The maximum absolute atomic E-state index is 11.7. The van der Waals surface area contributed by atoms with Crippen molar-refractivity contribution in [3.63, 3.8) is 0 Å². The van der Waals surface area contributed by atoms with Gasteiger partial charge in [0.15, 0.2) is 0 Å². The van der Waals surface area contributed by atoms with Crippen LogP contribution in [-0.2, 0) is 11.2 Å². The topological polar surface area (TPSA) is 106 Å². The van der Waals surface area contributed by atoms with Crippen molar-refractivity contribution >= 4 is 39.3 Å². The minimum Gasteiger partial charge on any atom is -0.507 e. The first-order valence-corrected chi connectivity index (χ1v) is 7.33. The van der Waals surface area contributed by atoms with Gasteiger partial charge in [0.25, 0.3) is 5.91 Å². The zero-order valence-corrected chi connectivity index (χ0v) is 12.7. The Labute approximate surface area is 128 Å². The molecule has 1 amide bonds. The van der Waals surface area contributed by atoms with E-state index in [0.717, 1.165) is 11.8 Å². The van der Waals surface area contributed by atoms with E-state index in [1.807, 2.05) is 5.40 Å². The summed E-state index contributed by atoms with van der Waals surface area (Å²) in [5.41, 5.74) is 0.675. The number of thiocyanates is 1. The van der Waals surface area contributed by atoms with Crippen molar-refractivity contribution in [1.82, 2.24) is 5.32 Å². The fourth-order valence-corrected chi connectivity index (χ4v) is 2.10. The summed E-state index contributed by atoms with van der Waals surface area (Å²) in [6.45, 7) is 0.315. The largest absolute Gasteiger partial charge is 0.507 e. The number of phenolic OH excluding ortho intramolecular Hbond substituents is 1. The van der Waals surface area contributed by atoms with Gasteiger partial charge in [-0.2, -0.15) is 5.26 Å². The molecule has 0 spiro atoms. The minimum atomic E-state index is -0.491. The number of nitrogens with one attached hydrogen (secondary N) is 1. The van der Waals surface area contributed by atoms with Crippen LogP contribution in [-0.4, -0.2) is 34.2 Å². The second-order valence-electron chi connectivity index (χ2n) is 3.70. The van der Waals surface area contributed by atoms with E-state index in [4.69, 9.17) is 10.5 Å². The molecule has 0 saturated heterocycles. The Hall–Kier alpha value is -1.72. The number of oxime groups is 1. The fourth-order valence-electron chi connectivity index (χ4n) is 1.38. The first kappa shape index (κ1) is 16.3. The Bertz CT molecular complexity index is 557. The van der Waals surface area contributed by atoms with E-state index in [2.05, 4.69) is 26.4 Å². The van der Waals surface area contributed by atoms with Gasteiger partial charge >= 0.3 is 0 Å². The van der Waals surface area contributed by atoms with Crippen molar-refractivity contribution < 1.29 is 15.1 Å². The fraction of sp³-hybridized carbons (Fsp3) is 0.250. The molecule has 1 aromatic rings. The highest BCUT2D eigenvalue weighted by Gasteiger charge is 2.13. The molecule has 0 aromatic heterocycles. The van der Waals surface area contributed by atoms with Gasteiger partial charge in [-0.15, -0.1) is 0 Å². The number of hydrogen-bond acceptors (Lipinski definition) is 6. The normalized spacial score (nSPS) is 10.9. The number of nitrogens with zero attached hydrogens (tertiary/aromatic N) is 2. The molecule has 3 N–H and O–H groups in total. The van der Waals surface area contributed by atoms with E-state index in [0.29, 0.717) is 22.3 Å². The summed E-state index contributed by atoms with van der Waals surface area (Å²) in [7, 11) is 0. The molecule has 0 atom stereocenters. The van der Waals surface area contributed by atoms with Gasteiger partial charge in [-0.3, -0.25) is 4.79 Å². The molecule has 0 bridgehead atoms. The Kier molecular flexibility index (Phi) is 6.90. The highest BCUT2D eigenvalue weighted by molar-refractivity contribution is 9.10. The molecular formula is C12H12BrN3O3S. The number of carbonyl (C=O) groups excluding carboxylic acids is 1. The lowest BCUT2D eigenvalue weighted by Gasteiger charge is -2.06. The van der Waals surface area contributed by atoms with Crippen LogP contribution in [0.1, 0.15) is 5.56 Å². The van der Waals surface area contributed by atoms with Crippen molar-refractivity contribution in [2.24, 2.45) is 5.16 Å². The monoisotopic (exact) mass is 357 g/mol. The Balaban J connectivity index is 2.61. The summed E-state index contributed by atoms with van der Waals surface area (Å²) < 4.78 is 0.498. The van der Waals surface area contributed by atoms with Crippen LogP contribution in [0.15, 0.2) is 27.8 Å². The van der Waals surface area contributed by atoms with Gasteiger partial charge in [-0.1, -0.05) is 11.2 Å². The van der Waals surface area contributed by atoms with Crippen LogP contribution >= 0.6 is 27.7 Å². The van der Waals surface area contributed by atoms with Crippen molar-refractivity contribution in [3.05, 3.63) is 28.2 Å². The second kappa shape index (κ2) is 8.45.